The Hall–Kier alpha value is -3.39. The van der Waals surface area contributed by atoms with Gasteiger partial charge in [-0.3, -0.25) is 0 Å². The van der Waals surface area contributed by atoms with E-state index >= 15 is 0 Å². The minimum Gasteiger partial charge on any atom is -0.497 e. The number of morpholine rings is 1. The molecule has 1 fully saturated rings. The minimum atomic E-state index is 0.472. The van der Waals surface area contributed by atoms with E-state index in [1.165, 1.54) is 0 Å². The Labute approximate surface area is 163 Å². The number of aromatic nitrogens is 3. The average Bonchev–Trinajstić information content (AvgIpc) is 2.75. The maximum atomic E-state index is 5.44. The van der Waals surface area contributed by atoms with Crippen LogP contribution in [-0.2, 0) is 4.74 Å². The quantitative estimate of drug-likeness (QED) is 0.676. The summed E-state index contributed by atoms with van der Waals surface area (Å²) in [6.07, 6.45) is 0. The summed E-state index contributed by atoms with van der Waals surface area (Å²) in [5.74, 6) is 2.37. The summed E-state index contributed by atoms with van der Waals surface area (Å²) in [6.45, 7) is 2.82. The highest BCUT2D eigenvalue weighted by Crippen LogP contribution is 2.22. The summed E-state index contributed by atoms with van der Waals surface area (Å²) in [7, 11) is 1.64. The molecule has 0 unspecified atom stereocenters. The van der Waals surface area contributed by atoms with E-state index in [1.54, 1.807) is 7.11 Å². The molecule has 144 valence electrons. The molecule has 4 rings (SSSR count). The molecule has 0 radical (unpaired) electrons. The van der Waals surface area contributed by atoms with Gasteiger partial charge >= 0.3 is 0 Å². The third-order valence-electron chi connectivity index (χ3n) is 4.29. The van der Waals surface area contributed by atoms with Crippen molar-refractivity contribution < 1.29 is 9.47 Å². The second-order valence-corrected chi connectivity index (χ2v) is 6.23. The van der Waals surface area contributed by atoms with Gasteiger partial charge in [0.15, 0.2) is 0 Å². The highest BCUT2D eigenvalue weighted by molar-refractivity contribution is 5.60. The largest absolute Gasteiger partial charge is 0.497 e. The Morgan fingerprint density at radius 3 is 2.04 bits per heavy atom. The molecule has 1 aromatic heterocycles. The van der Waals surface area contributed by atoms with E-state index in [1.807, 2.05) is 54.6 Å². The van der Waals surface area contributed by atoms with Crippen molar-refractivity contribution in [2.75, 3.05) is 48.9 Å². The fraction of sp³-hybridized carbons (Fsp3) is 0.250. The topological polar surface area (TPSA) is 84.4 Å². The second-order valence-electron chi connectivity index (χ2n) is 6.23. The molecule has 3 aromatic rings. The molecule has 0 bridgehead atoms. The van der Waals surface area contributed by atoms with Gasteiger partial charge in [-0.15, -0.1) is 0 Å². The van der Waals surface area contributed by atoms with Gasteiger partial charge in [0.25, 0.3) is 0 Å². The number of ether oxygens (including phenoxy) is 2. The summed E-state index contributed by atoms with van der Waals surface area (Å²) >= 11 is 0. The lowest BCUT2D eigenvalue weighted by Crippen LogP contribution is -2.37. The van der Waals surface area contributed by atoms with E-state index < -0.39 is 0 Å². The number of rotatable bonds is 6. The Balaban J connectivity index is 1.62. The first-order valence-electron chi connectivity index (χ1n) is 9.12. The Morgan fingerprint density at radius 2 is 1.43 bits per heavy atom. The predicted octanol–water partition coefficient (Wildman–Crippen LogP) is 3.20. The number of hydrogen-bond donors (Lipinski definition) is 2. The van der Waals surface area contributed by atoms with Gasteiger partial charge in [0.05, 0.1) is 20.3 Å². The van der Waals surface area contributed by atoms with Crippen LogP contribution in [-0.4, -0.2) is 48.4 Å². The number of nitrogens with one attached hydrogen (secondary N) is 2. The lowest BCUT2D eigenvalue weighted by atomic mass is 10.3. The fourth-order valence-corrected chi connectivity index (χ4v) is 2.84. The lowest BCUT2D eigenvalue weighted by Gasteiger charge is -2.27. The van der Waals surface area contributed by atoms with E-state index in [-0.39, 0.29) is 0 Å². The van der Waals surface area contributed by atoms with E-state index in [9.17, 15) is 0 Å². The van der Waals surface area contributed by atoms with E-state index in [0.29, 0.717) is 31.1 Å². The van der Waals surface area contributed by atoms with Crippen LogP contribution in [0.25, 0.3) is 0 Å². The standard InChI is InChI=1S/C20H22N6O2/c1-27-17-9-7-16(8-10-17)22-19-23-18(21-15-5-3-2-4-6-15)24-20(25-19)26-11-13-28-14-12-26/h2-10H,11-14H2,1H3,(H2,21,22,23,24,25). The summed E-state index contributed by atoms with van der Waals surface area (Å²) in [4.78, 5) is 15.8. The minimum absolute atomic E-state index is 0.472. The zero-order chi connectivity index (χ0) is 19.2. The number of nitrogens with zero attached hydrogens (tertiary/aromatic N) is 4. The highest BCUT2D eigenvalue weighted by Gasteiger charge is 2.17. The van der Waals surface area contributed by atoms with Gasteiger partial charge in [-0.1, -0.05) is 18.2 Å². The van der Waals surface area contributed by atoms with Gasteiger partial charge in [0.1, 0.15) is 5.75 Å². The molecule has 1 aliphatic rings. The van der Waals surface area contributed by atoms with E-state index in [2.05, 4.69) is 30.5 Å². The SMILES string of the molecule is COc1ccc(Nc2nc(Nc3ccccc3)nc(N3CCOCC3)n2)cc1. The van der Waals surface area contributed by atoms with Crippen LogP contribution in [0.1, 0.15) is 0 Å². The maximum Gasteiger partial charge on any atom is 0.233 e. The summed E-state index contributed by atoms with van der Waals surface area (Å²) in [5, 5.41) is 6.49. The third kappa shape index (κ3) is 4.47. The van der Waals surface area contributed by atoms with Crippen LogP contribution in [0.15, 0.2) is 54.6 Å². The molecular formula is C20H22N6O2. The smallest absolute Gasteiger partial charge is 0.233 e. The van der Waals surface area contributed by atoms with Gasteiger partial charge in [0, 0.05) is 24.5 Å². The summed E-state index contributed by atoms with van der Waals surface area (Å²) in [6, 6.07) is 17.4. The van der Waals surface area contributed by atoms with Gasteiger partial charge in [-0.2, -0.15) is 15.0 Å². The van der Waals surface area contributed by atoms with Crippen molar-refractivity contribution in [3.63, 3.8) is 0 Å². The molecule has 0 saturated carbocycles. The normalized spacial score (nSPS) is 13.8. The van der Waals surface area contributed by atoms with Gasteiger partial charge in [0.2, 0.25) is 17.8 Å². The maximum absolute atomic E-state index is 5.44. The average molecular weight is 378 g/mol. The first-order valence-corrected chi connectivity index (χ1v) is 9.12. The highest BCUT2D eigenvalue weighted by atomic mass is 16.5. The molecule has 0 spiro atoms. The molecule has 0 atom stereocenters. The summed E-state index contributed by atoms with van der Waals surface area (Å²) < 4.78 is 10.6. The van der Waals surface area contributed by atoms with Gasteiger partial charge in [-0.25, -0.2) is 0 Å². The molecule has 8 nitrogen and oxygen atoms in total. The number of benzene rings is 2. The molecule has 2 N–H and O–H groups in total. The zero-order valence-corrected chi connectivity index (χ0v) is 15.6. The molecule has 0 amide bonds. The van der Waals surface area contributed by atoms with Crippen molar-refractivity contribution in [2.24, 2.45) is 0 Å². The Morgan fingerprint density at radius 1 is 0.821 bits per heavy atom. The number of methoxy groups -OCH3 is 1. The second kappa shape index (κ2) is 8.53. The van der Waals surface area contributed by atoms with Crippen molar-refractivity contribution in [1.82, 2.24) is 15.0 Å². The van der Waals surface area contributed by atoms with Gasteiger partial charge < -0.3 is 25.0 Å². The molecule has 2 heterocycles. The lowest BCUT2D eigenvalue weighted by molar-refractivity contribution is 0.122. The van der Waals surface area contributed by atoms with Crippen molar-refractivity contribution in [1.29, 1.82) is 0 Å². The number of para-hydroxylation sites is 1. The van der Waals surface area contributed by atoms with Crippen LogP contribution < -0.4 is 20.3 Å². The molecule has 8 heteroatoms. The van der Waals surface area contributed by atoms with Crippen LogP contribution in [0, 0.1) is 0 Å². The van der Waals surface area contributed by atoms with Gasteiger partial charge in [-0.05, 0) is 36.4 Å². The van der Waals surface area contributed by atoms with E-state index in [0.717, 1.165) is 30.2 Å². The van der Waals surface area contributed by atoms with Crippen LogP contribution in [0.5, 0.6) is 5.75 Å². The third-order valence-corrected chi connectivity index (χ3v) is 4.29. The molecule has 2 aromatic carbocycles. The predicted molar refractivity (Wildman–Crippen MR) is 109 cm³/mol. The zero-order valence-electron chi connectivity index (χ0n) is 15.6. The molecule has 1 aliphatic heterocycles. The molecular weight excluding hydrogens is 356 g/mol. The molecule has 0 aliphatic carbocycles. The van der Waals surface area contributed by atoms with E-state index in [4.69, 9.17) is 9.47 Å². The fourth-order valence-electron chi connectivity index (χ4n) is 2.84. The van der Waals surface area contributed by atoms with Crippen LogP contribution in [0.3, 0.4) is 0 Å². The Bertz CT molecular complexity index is 898. The van der Waals surface area contributed by atoms with Crippen molar-refractivity contribution >= 4 is 29.2 Å². The monoisotopic (exact) mass is 378 g/mol. The van der Waals surface area contributed by atoms with Crippen LogP contribution in [0.4, 0.5) is 29.2 Å². The van der Waals surface area contributed by atoms with Crippen LogP contribution >= 0.6 is 0 Å². The number of anilines is 5. The Kier molecular flexibility index (Phi) is 5.48. The summed E-state index contributed by atoms with van der Waals surface area (Å²) in [5.41, 5.74) is 1.78. The molecule has 1 saturated heterocycles. The number of hydrogen-bond acceptors (Lipinski definition) is 8. The van der Waals surface area contributed by atoms with Crippen molar-refractivity contribution in [2.45, 2.75) is 0 Å². The van der Waals surface area contributed by atoms with Crippen molar-refractivity contribution in [3.05, 3.63) is 54.6 Å². The first kappa shape index (κ1) is 18.0. The van der Waals surface area contributed by atoms with Crippen molar-refractivity contribution in [3.8, 4) is 5.75 Å². The first-order chi connectivity index (χ1) is 13.8. The molecule has 28 heavy (non-hydrogen) atoms. The van der Waals surface area contributed by atoms with Crippen LogP contribution in [0.2, 0.25) is 0 Å².